The highest BCUT2D eigenvalue weighted by atomic mass is 16.5. The molecule has 3 rings (SSSR count). The van der Waals surface area contributed by atoms with Crippen LogP contribution in [0.1, 0.15) is 46.2 Å². The first-order chi connectivity index (χ1) is 12.4. The number of carbonyl (C=O) groups is 1. The van der Waals surface area contributed by atoms with Crippen LogP contribution in [-0.2, 0) is 0 Å². The Morgan fingerprint density at radius 3 is 2.38 bits per heavy atom. The summed E-state index contributed by atoms with van der Waals surface area (Å²) in [6, 6.07) is 10.5. The first kappa shape index (κ1) is 17.9. The van der Waals surface area contributed by atoms with Crippen molar-refractivity contribution in [1.82, 2.24) is 0 Å². The van der Waals surface area contributed by atoms with Gasteiger partial charge < -0.3 is 9.15 Å². The van der Waals surface area contributed by atoms with Gasteiger partial charge in [-0.3, -0.25) is 9.59 Å². The number of hydrogen-bond acceptors (Lipinski definition) is 4. The molecule has 4 heteroatoms. The number of aryl methyl sites for hydroxylation is 2. The zero-order valence-electron chi connectivity index (χ0n) is 15.5. The number of hydrogen-bond donors (Lipinski definition) is 0. The van der Waals surface area contributed by atoms with Gasteiger partial charge in [0.1, 0.15) is 11.3 Å². The van der Waals surface area contributed by atoms with Gasteiger partial charge in [-0.05, 0) is 62.6 Å². The highest BCUT2D eigenvalue weighted by molar-refractivity contribution is 6.09. The summed E-state index contributed by atoms with van der Waals surface area (Å²) in [6.45, 7) is 8.14. The van der Waals surface area contributed by atoms with Crippen LogP contribution in [0.25, 0.3) is 11.0 Å². The molecule has 0 bridgehead atoms. The Morgan fingerprint density at radius 2 is 1.73 bits per heavy atom. The fourth-order valence-electron chi connectivity index (χ4n) is 3.10. The monoisotopic (exact) mass is 350 g/mol. The zero-order valence-corrected chi connectivity index (χ0v) is 15.5. The maximum absolute atomic E-state index is 13.0. The van der Waals surface area contributed by atoms with Gasteiger partial charge in [0.15, 0.2) is 11.2 Å². The average Bonchev–Trinajstić information content (AvgIpc) is 2.63. The van der Waals surface area contributed by atoms with Crippen LogP contribution in [0.15, 0.2) is 45.6 Å². The van der Waals surface area contributed by atoms with Crippen molar-refractivity contribution in [3.05, 3.63) is 74.6 Å². The molecule has 0 aliphatic carbocycles. The molecule has 4 nitrogen and oxygen atoms in total. The number of benzene rings is 2. The number of ketones is 1. The van der Waals surface area contributed by atoms with E-state index in [0.29, 0.717) is 28.7 Å². The lowest BCUT2D eigenvalue weighted by atomic mass is 9.99. The van der Waals surface area contributed by atoms with Gasteiger partial charge in [0.2, 0.25) is 5.78 Å². The molecule has 1 heterocycles. The second kappa shape index (κ2) is 7.16. The van der Waals surface area contributed by atoms with E-state index < -0.39 is 0 Å². The maximum Gasteiger partial charge on any atom is 0.228 e. The van der Waals surface area contributed by atoms with Crippen LogP contribution < -0.4 is 10.2 Å². The third-order valence-corrected chi connectivity index (χ3v) is 4.40. The second-order valence-corrected chi connectivity index (χ2v) is 6.50. The third-order valence-electron chi connectivity index (χ3n) is 4.40. The van der Waals surface area contributed by atoms with Crippen molar-refractivity contribution in [1.29, 1.82) is 0 Å². The minimum atomic E-state index is -0.293. The standard InChI is InChI=1S/C22H22O4/c1-5-10-25-21-13(2)11-16(12-14(21)3)20(24)22-15(4)19(23)17-8-6-7-9-18(17)26-22/h6-9,11-12H,5,10H2,1-4H3. The summed E-state index contributed by atoms with van der Waals surface area (Å²) in [7, 11) is 0. The lowest BCUT2D eigenvalue weighted by Gasteiger charge is -2.13. The summed E-state index contributed by atoms with van der Waals surface area (Å²) in [5.74, 6) is 0.605. The predicted octanol–water partition coefficient (Wildman–Crippen LogP) is 4.74. The molecule has 0 fully saturated rings. The third kappa shape index (κ3) is 3.15. The smallest absolute Gasteiger partial charge is 0.228 e. The Hall–Kier alpha value is -2.88. The van der Waals surface area contributed by atoms with E-state index in [1.165, 1.54) is 0 Å². The first-order valence-corrected chi connectivity index (χ1v) is 8.75. The summed E-state index contributed by atoms with van der Waals surface area (Å²) in [5, 5.41) is 0.484. The van der Waals surface area contributed by atoms with Crippen LogP contribution >= 0.6 is 0 Å². The van der Waals surface area contributed by atoms with E-state index in [1.807, 2.05) is 20.8 Å². The van der Waals surface area contributed by atoms with E-state index in [-0.39, 0.29) is 17.0 Å². The summed E-state index contributed by atoms with van der Waals surface area (Å²) >= 11 is 0. The van der Waals surface area contributed by atoms with E-state index in [9.17, 15) is 9.59 Å². The van der Waals surface area contributed by atoms with Gasteiger partial charge in [-0.25, -0.2) is 0 Å². The van der Waals surface area contributed by atoms with Gasteiger partial charge in [0, 0.05) is 11.1 Å². The van der Waals surface area contributed by atoms with E-state index in [0.717, 1.165) is 23.3 Å². The highest BCUT2D eigenvalue weighted by Gasteiger charge is 2.20. The van der Waals surface area contributed by atoms with Gasteiger partial charge in [-0.2, -0.15) is 0 Å². The normalized spacial score (nSPS) is 10.9. The Kier molecular flexibility index (Phi) is 4.94. The number of rotatable bonds is 5. The summed E-state index contributed by atoms with van der Waals surface area (Å²) in [4.78, 5) is 25.6. The van der Waals surface area contributed by atoms with Crippen LogP contribution in [0.5, 0.6) is 5.75 Å². The van der Waals surface area contributed by atoms with Crippen molar-refractivity contribution in [2.24, 2.45) is 0 Å². The Labute approximate surface area is 152 Å². The van der Waals surface area contributed by atoms with Crippen molar-refractivity contribution < 1.29 is 13.9 Å². The predicted molar refractivity (Wildman–Crippen MR) is 102 cm³/mol. The van der Waals surface area contributed by atoms with Gasteiger partial charge in [-0.15, -0.1) is 0 Å². The molecule has 134 valence electrons. The van der Waals surface area contributed by atoms with Crippen molar-refractivity contribution in [3.63, 3.8) is 0 Å². The topological polar surface area (TPSA) is 56.5 Å². The van der Waals surface area contributed by atoms with Crippen molar-refractivity contribution in [3.8, 4) is 5.75 Å². The molecule has 0 unspecified atom stereocenters. The summed E-state index contributed by atoms with van der Waals surface area (Å²) in [6.07, 6.45) is 0.918. The van der Waals surface area contributed by atoms with Crippen LogP contribution in [-0.4, -0.2) is 12.4 Å². The van der Waals surface area contributed by atoms with Gasteiger partial charge in [-0.1, -0.05) is 19.1 Å². The lowest BCUT2D eigenvalue weighted by molar-refractivity contribution is 0.101. The molecule has 1 aromatic heterocycles. The maximum atomic E-state index is 13.0. The van der Waals surface area contributed by atoms with Crippen LogP contribution in [0, 0.1) is 20.8 Å². The van der Waals surface area contributed by atoms with Gasteiger partial charge >= 0.3 is 0 Å². The van der Waals surface area contributed by atoms with Crippen LogP contribution in [0.4, 0.5) is 0 Å². The molecule has 0 aliphatic rings. The van der Waals surface area contributed by atoms with Crippen LogP contribution in [0.3, 0.4) is 0 Å². The lowest BCUT2D eigenvalue weighted by Crippen LogP contribution is -2.14. The minimum Gasteiger partial charge on any atom is -0.493 e. The number of para-hydroxylation sites is 1. The Balaban J connectivity index is 2.09. The Morgan fingerprint density at radius 1 is 1.08 bits per heavy atom. The first-order valence-electron chi connectivity index (χ1n) is 8.75. The molecule has 0 aliphatic heterocycles. The zero-order chi connectivity index (χ0) is 18.8. The van der Waals surface area contributed by atoms with Crippen molar-refractivity contribution in [2.45, 2.75) is 34.1 Å². The molecular weight excluding hydrogens is 328 g/mol. The number of carbonyl (C=O) groups excluding carboxylic acids is 1. The van der Waals surface area contributed by atoms with Crippen LogP contribution in [0.2, 0.25) is 0 Å². The summed E-state index contributed by atoms with van der Waals surface area (Å²) in [5.41, 5.74) is 2.85. The molecule has 3 aromatic rings. The molecular formula is C22H22O4. The Bertz CT molecular complexity index is 1020. The molecule has 2 aromatic carbocycles. The molecule has 0 spiro atoms. The molecule has 0 amide bonds. The number of fused-ring (bicyclic) bond motifs is 1. The quantitative estimate of drug-likeness (QED) is 0.624. The summed E-state index contributed by atoms with van der Waals surface area (Å²) < 4.78 is 11.6. The van der Waals surface area contributed by atoms with E-state index in [2.05, 4.69) is 0 Å². The van der Waals surface area contributed by atoms with Crippen molar-refractivity contribution in [2.75, 3.05) is 6.61 Å². The largest absolute Gasteiger partial charge is 0.493 e. The fourth-order valence-corrected chi connectivity index (χ4v) is 3.10. The fraction of sp³-hybridized carbons (Fsp3) is 0.273. The second-order valence-electron chi connectivity index (χ2n) is 6.50. The number of ether oxygens (including phenoxy) is 1. The minimum absolute atomic E-state index is 0.0923. The highest BCUT2D eigenvalue weighted by Crippen LogP contribution is 2.27. The average molecular weight is 350 g/mol. The molecule has 0 saturated heterocycles. The van der Waals surface area contributed by atoms with Gasteiger partial charge in [0.25, 0.3) is 0 Å². The SMILES string of the molecule is CCCOc1c(C)cc(C(=O)c2oc3ccccc3c(=O)c2C)cc1C. The van der Waals surface area contributed by atoms with Crippen molar-refractivity contribution >= 4 is 16.8 Å². The van der Waals surface area contributed by atoms with Gasteiger partial charge in [0.05, 0.1) is 12.0 Å². The molecule has 26 heavy (non-hydrogen) atoms. The van der Waals surface area contributed by atoms with E-state index in [4.69, 9.17) is 9.15 Å². The van der Waals surface area contributed by atoms with E-state index in [1.54, 1.807) is 43.3 Å². The molecule has 0 atom stereocenters. The molecule has 0 radical (unpaired) electrons. The molecule has 0 N–H and O–H groups in total. The molecule has 0 saturated carbocycles. The van der Waals surface area contributed by atoms with E-state index >= 15 is 0 Å².